The van der Waals surface area contributed by atoms with E-state index >= 15 is 0 Å². The van der Waals surface area contributed by atoms with Crippen LogP contribution in [-0.4, -0.2) is 24.0 Å². The Bertz CT molecular complexity index is 494. The monoisotopic (exact) mass is 321 g/mol. The van der Waals surface area contributed by atoms with Gasteiger partial charge in [0, 0.05) is 6.04 Å². The number of hydrogen-bond acceptors (Lipinski definition) is 4. The minimum atomic E-state index is -4.58. The fraction of sp³-hybridized carbons (Fsp3) is 0.462. The minimum absolute atomic E-state index is 0.122. The molecule has 0 fully saturated rings. The third kappa shape index (κ3) is 4.82. The maximum Gasteiger partial charge on any atom is 0.418 e. The molecule has 1 rings (SSSR count). The molecule has 0 bridgehead atoms. The minimum Gasteiger partial charge on any atom is -0.349 e. The van der Waals surface area contributed by atoms with Crippen molar-refractivity contribution in [2.24, 2.45) is 5.84 Å². The molecule has 21 heavy (non-hydrogen) atoms. The molecule has 0 aromatic heterocycles. The Morgan fingerprint density at radius 1 is 1.43 bits per heavy atom. The van der Waals surface area contributed by atoms with Crippen LogP contribution in [0.3, 0.4) is 0 Å². The van der Waals surface area contributed by atoms with E-state index in [9.17, 15) is 18.0 Å². The summed E-state index contributed by atoms with van der Waals surface area (Å²) in [6.07, 6.45) is -1.91. The second-order valence-electron chi connectivity index (χ2n) is 4.53. The van der Waals surface area contributed by atoms with Gasteiger partial charge in [-0.1, -0.05) is 6.07 Å². The number of halogens is 3. The van der Waals surface area contributed by atoms with Gasteiger partial charge in [0.05, 0.1) is 16.8 Å². The number of benzene rings is 1. The Hall–Kier alpha value is -1.41. The smallest absolute Gasteiger partial charge is 0.349 e. The average molecular weight is 321 g/mol. The Labute approximate surface area is 125 Å². The van der Waals surface area contributed by atoms with Gasteiger partial charge in [0.1, 0.15) is 0 Å². The lowest BCUT2D eigenvalue weighted by Crippen LogP contribution is -2.34. The molecule has 0 spiro atoms. The van der Waals surface area contributed by atoms with Crippen molar-refractivity contribution in [3.8, 4) is 0 Å². The summed E-state index contributed by atoms with van der Waals surface area (Å²) < 4.78 is 38.6. The zero-order valence-corrected chi connectivity index (χ0v) is 12.6. The van der Waals surface area contributed by atoms with Crippen LogP contribution in [0.2, 0.25) is 0 Å². The first-order chi connectivity index (χ1) is 9.81. The van der Waals surface area contributed by atoms with E-state index in [0.29, 0.717) is 0 Å². The van der Waals surface area contributed by atoms with E-state index in [1.54, 1.807) is 18.7 Å². The number of nitrogen functional groups attached to an aromatic ring is 1. The van der Waals surface area contributed by atoms with Gasteiger partial charge < -0.3 is 10.7 Å². The Morgan fingerprint density at radius 2 is 2.10 bits per heavy atom. The van der Waals surface area contributed by atoms with Gasteiger partial charge in [-0.2, -0.15) is 24.9 Å². The highest BCUT2D eigenvalue weighted by Crippen LogP contribution is 2.36. The standard InChI is InChI=1S/C13H18F3N3OS/c1-8(6-7-21-2)18-12(20)9-4-3-5-10(11(9)19-17)13(14,15)16/h3-5,8,19H,6-7,17H2,1-2H3,(H,18,20). The van der Waals surface area contributed by atoms with Gasteiger partial charge in [-0.05, 0) is 37.5 Å². The van der Waals surface area contributed by atoms with Gasteiger partial charge in [0.15, 0.2) is 0 Å². The number of nitrogens with two attached hydrogens (primary N) is 1. The number of nitrogens with one attached hydrogen (secondary N) is 2. The van der Waals surface area contributed by atoms with Crippen LogP contribution < -0.4 is 16.6 Å². The highest BCUT2D eigenvalue weighted by atomic mass is 32.2. The summed E-state index contributed by atoms with van der Waals surface area (Å²) in [5.41, 5.74) is 0.481. The van der Waals surface area contributed by atoms with Gasteiger partial charge in [-0.3, -0.25) is 10.6 Å². The molecular weight excluding hydrogens is 303 g/mol. The van der Waals surface area contributed by atoms with Crippen LogP contribution in [0.1, 0.15) is 29.3 Å². The zero-order chi connectivity index (χ0) is 16.0. The van der Waals surface area contributed by atoms with Crippen molar-refractivity contribution in [2.75, 3.05) is 17.4 Å². The van der Waals surface area contributed by atoms with E-state index in [-0.39, 0.29) is 11.6 Å². The van der Waals surface area contributed by atoms with Crippen LogP contribution in [0.25, 0.3) is 0 Å². The lowest BCUT2D eigenvalue weighted by Gasteiger charge is -2.18. The van der Waals surface area contributed by atoms with Gasteiger partial charge in [0.2, 0.25) is 0 Å². The topological polar surface area (TPSA) is 67.2 Å². The number of rotatable bonds is 6. The van der Waals surface area contributed by atoms with E-state index in [4.69, 9.17) is 5.84 Å². The highest BCUT2D eigenvalue weighted by molar-refractivity contribution is 7.98. The number of carbonyl (C=O) groups excluding carboxylic acids is 1. The summed E-state index contributed by atoms with van der Waals surface area (Å²) in [6.45, 7) is 1.80. The average Bonchev–Trinajstić information content (AvgIpc) is 2.43. The van der Waals surface area contributed by atoms with E-state index < -0.39 is 23.3 Å². The number of thioether (sulfide) groups is 1. The highest BCUT2D eigenvalue weighted by Gasteiger charge is 2.35. The van der Waals surface area contributed by atoms with Crippen molar-refractivity contribution in [3.63, 3.8) is 0 Å². The normalized spacial score (nSPS) is 12.9. The maximum absolute atomic E-state index is 12.9. The molecule has 8 heteroatoms. The molecule has 1 unspecified atom stereocenters. The Balaban J connectivity index is 2.99. The van der Waals surface area contributed by atoms with Crippen LogP contribution in [0.15, 0.2) is 18.2 Å². The molecule has 4 N–H and O–H groups in total. The summed E-state index contributed by atoms with van der Waals surface area (Å²) in [6, 6.07) is 3.24. The Morgan fingerprint density at radius 3 is 2.62 bits per heavy atom. The number of alkyl halides is 3. The molecule has 1 amide bonds. The van der Waals surface area contributed by atoms with Gasteiger partial charge in [-0.15, -0.1) is 0 Å². The van der Waals surface area contributed by atoms with Gasteiger partial charge in [-0.25, -0.2) is 0 Å². The molecule has 0 aliphatic carbocycles. The first kappa shape index (κ1) is 17.6. The number of para-hydroxylation sites is 1. The van der Waals surface area contributed by atoms with Crippen molar-refractivity contribution < 1.29 is 18.0 Å². The van der Waals surface area contributed by atoms with Crippen molar-refractivity contribution in [1.82, 2.24) is 5.32 Å². The van der Waals surface area contributed by atoms with Crippen molar-refractivity contribution in [2.45, 2.75) is 25.6 Å². The Kier molecular flexibility index (Phi) is 6.35. The largest absolute Gasteiger partial charge is 0.418 e. The van der Waals surface area contributed by atoms with Crippen LogP contribution >= 0.6 is 11.8 Å². The lowest BCUT2D eigenvalue weighted by atomic mass is 10.1. The van der Waals surface area contributed by atoms with Crippen molar-refractivity contribution in [1.29, 1.82) is 0 Å². The van der Waals surface area contributed by atoms with E-state index in [0.717, 1.165) is 18.2 Å². The SMILES string of the molecule is CSCCC(C)NC(=O)c1cccc(C(F)(F)F)c1NN. The van der Waals surface area contributed by atoms with Crippen LogP contribution in [0, 0.1) is 0 Å². The van der Waals surface area contributed by atoms with Crippen LogP contribution in [0.4, 0.5) is 18.9 Å². The summed E-state index contributed by atoms with van der Waals surface area (Å²) in [7, 11) is 0. The molecule has 0 heterocycles. The number of hydrogen-bond donors (Lipinski definition) is 3. The predicted octanol–water partition coefficient (Wildman–Crippen LogP) is 2.86. The van der Waals surface area contributed by atoms with E-state index in [2.05, 4.69) is 5.32 Å². The molecule has 0 aliphatic heterocycles. The molecule has 118 valence electrons. The number of anilines is 1. The summed E-state index contributed by atoms with van der Waals surface area (Å²) in [5, 5.41) is 2.67. The first-order valence-corrected chi connectivity index (χ1v) is 7.67. The quantitative estimate of drug-likeness (QED) is 0.557. The number of amides is 1. The second kappa shape index (κ2) is 7.56. The molecule has 1 atom stereocenters. The molecule has 1 aromatic rings. The first-order valence-electron chi connectivity index (χ1n) is 6.27. The number of hydrazine groups is 1. The fourth-order valence-corrected chi connectivity index (χ4v) is 2.39. The maximum atomic E-state index is 12.9. The third-order valence-corrected chi connectivity index (χ3v) is 3.54. The molecule has 4 nitrogen and oxygen atoms in total. The fourth-order valence-electron chi connectivity index (χ4n) is 1.80. The summed E-state index contributed by atoms with van der Waals surface area (Å²) >= 11 is 1.63. The molecule has 0 aliphatic rings. The summed E-state index contributed by atoms with van der Waals surface area (Å²) in [5.74, 6) is 5.44. The zero-order valence-electron chi connectivity index (χ0n) is 11.8. The third-order valence-electron chi connectivity index (χ3n) is 2.89. The van der Waals surface area contributed by atoms with Crippen molar-refractivity contribution in [3.05, 3.63) is 29.3 Å². The molecule has 0 saturated carbocycles. The van der Waals surface area contributed by atoms with E-state index in [1.807, 2.05) is 11.7 Å². The predicted molar refractivity (Wildman–Crippen MR) is 79.2 cm³/mol. The van der Waals surface area contributed by atoms with Crippen LogP contribution in [0.5, 0.6) is 0 Å². The second-order valence-corrected chi connectivity index (χ2v) is 5.51. The number of carbonyl (C=O) groups is 1. The van der Waals surface area contributed by atoms with Gasteiger partial charge >= 0.3 is 6.18 Å². The molecular formula is C13H18F3N3OS. The molecule has 0 saturated heterocycles. The molecule has 1 aromatic carbocycles. The van der Waals surface area contributed by atoms with Crippen LogP contribution in [-0.2, 0) is 6.18 Å². The molecule has 0 radical (unpaired) electrons. The van der Waals surface area contributed by atoms with Crippen molar-refractivity contribution >= 4 is 23.4 Å². The van der Waals surface area contributed by atoms with Gasteiger partial charge in [0.25, 0.3) is 5.91 Å². The summed E-state index contributed by atoms with van der Waals surface area (Å²) in [4.78, 5) is 12.1. The lowest BCUT2D eigenvalue weighted by molar-refractivity contribution is -0.137. The van der Waals surface area contributed by atoms with E-state index in [1.165, 1.54) is 12.1 Å².